The number of fused-ring (bicyclic) bond motifs is 5. The van der Waals surface area contributed by atoms with Crippen molar-refractivity contribution in [1.29, 1.82) is 0 Å². The number of nitrogens with one attached hydrogen (secondary N) is 1. The van der Waals surface area contributed by atoms with Crippen molar-refractivity contribution in [2.24, 2.45) is 11.8 Å². The van der Waals surface area contributed by atoms with E-state index < -0.39 is 46.4 Å². The molecule has 0 bridgehead atoms. The van der Waals surface area contributed by atoms with Gasteiger partial charge in [0.15, 0.2) is 5.78 Å². The molecule has 2 amide bonds. The maximum Gasteiger partial charge on any atom is 0.270 e. The maximum absolute atomic E-state index is 13.4. The Bertz CT molecular complexity index is 1120. The van der Waals surface area contributed by atoms with Gasteiger partial charge in [-0.05, 0) is 17.2 Å². The van der Waals surface area contributed by atoms with Gasteiger partial charge in [0.2, 0.25) is 11.8 Å². The maximum atomic E-state index is 13.4. The lowest BCUT2D eigenvalue weighted by Gasteiger charge is -2.34. The summed E-state index contributed by atoms with van der Waals surface area (Å²) in [6.07, 6.45) is 3.59. The molecule has 0 spiro atoms. The number of nitro benzene ring substituents is 1. The van der Waals surface area contributed by atoms with Crippen LogP contribution in [0.2, 0.25) is 0 Å². The standard InChI is InChI=1S/C21H15N3O5/c25-19(12-5-3-6-13(10-12)24(28)29)18-16-15(20(26)22-21(16)27)17-14-7-2-1-4-11(14)8-9-23(17)18/h1-10,15-18H,(H,22,26,27)/t15-,16-,17+,18-/m1/s1. The van der Waals surface area contributed by atoms with E-state index in [1.165, 1.54) is 24.3 Å². The van der Waals surface area contributed by atoms with Gasteiger partial charge in [-0.25, -0.2) is 0 Å². The van der Waals surface area contributed by atoms with Crippen LogP contribution < -0.4 is 5.32 Å². The van der Waals surface area contributed by atoms with Crippen LogP contribution in [-0.4, -0.2) is 33.5 Å². The van der Waals surface area contributed by atoms with E-state index in [-0.39, 0.29) is 11.3 Å². The van der Waals surface area contributed by atoms with E-state index in [2.05, 4.69) is 5.32 Å². The van der Waals surface area contributed by atoms with Gasteiger partial charge in [0.1, 0.15) is 6.04 Å². The Labute approximate surface area is 165 Å². The first-order valence-electron chi connectivity index (χ1n) is 9.15. The number of Topliss-reactive ketones (excluding diaryl/α,β-unsaturated/α-hetero) is 1. The number of amides is 2. The highest BCUT2D eigenvalue weighted by molar-refractivity contribution is 6.12. The number of non-ortho nitro benzene ring substituents is 1. The summed E-state index contributed by atoms with van der Waals surface area (Å²) in [5.41, 5.74) is 1.75. The van der Waals surface area contributed by atoms with Gasteiger partial charge in [-0.2, -0.15) is 0 Å². The number of ketones is 1. The van der Waals surface area contributed by atoms with Crippen molar-refractivity contribution in [2.75, 3.05) is 0 Å². The summed E-state index contributed by atoms with van der Waals surface area (Å²) in [6, 6.07) is 11.6. The Kier molecular flexibility index (Phi) is 3.64. The SMILES string of the molecule is O=C1NC(=O)[C@@H]2[C@@H]1[C@H](C(=O)c1cccc([N+](=O)[O-])c1)N1C=Cc3ccccc3[C@@H]21. The van der Waals surface area contributed by atoms with E-state index >= 15 is 0 Å². The average Bonchev–Trinajstić information content (AvgIpc) is 3.22. The van der Waals surface area contributed by atoms with Crippen molar-refractivity contribution in [3.63, 3.8) is 0 Å². The van der Waals surface area contributed by atoms with Gasteiger partial charge in [-0.1, -0.05) is 36.4 Å². The first kappa shape index (κ1) is 17.3. The zero-order valence-corrected chi connectivity index (χ0v) is 15.0. The van der Waals surface area contributed by atoms with Gasteiger partial charge < -0.3 is 4.90 Å². The summed E-state index contributed by atoms with van der Waals surface area (Å²) >= 11 is 0. The summed E-state index contributed by atoms with van der Waals surface area (Å²) in [4.78, 5) is 50.9. The van der Waals surface area contributed by atoms with Crippen molar-refractivity contribution < 1.29 is 19.3 Å². The molecule has 2 fully saturated rings. The van der Waals surface area contributed by atoms with E-state index in [1.54, 1.807) is 11.1 Å². The zero-order chi connectivity index (χ0) is 20.3. The molecule has 0 unspecified atom stereocenters. The van der Waals surface area contributed by atoms with E-state index in [4.69, 9.17) is 0 Å². The molecule has 0 aromatic heterocycles. The Hall–Kier alpha value is -3.81. The second-order valence-electron chi connectivity index (χ2n) is 7.36. The normalized spacial score (nSPS) is 26.6. The van der Waals surface area contributed by atoms with Gasteiger partial charge in [-0.15, -0.1) is 0 Å². The highest BCUT2D eigenvalue weighted by Gasteiger charge is 2.61. The molecular formula is C21H15N3O5. The predicted octanol–water partition coefficient (Wildman–Crippen LogP) is 2.08. The third kappa shape index (κ3) is 2.42. The molecule has 144 valence electrons. The van der Waals surface area contributed by atoms with Gasteiger partial charge in [-0.3, -0.25) is 29.8 Å². The highest BCUT2D eigenvalue weighted by Crippen LogP contribution is 2.51. The number of carbonyl (C=O) groups excluding carboxylic acids is 3. The molecule has 0 radical (unpaired) electrons. The second kappa shape index (κ2) is 6.10. The van der Waals surface area contributed by atoms with Gasteiger partial charge >= 0.3 is 0 Å². The molecule has 2 saturated heterocycles. The molecule has 0 saturated carbocycles. The molecule has 0 aliphatic carbocycles. The van der Waals surface area contributed by atoms with E-state index in [1.807, 2.05) is 30.3 Å². The van der Waals surface area contributed by atoms with E-state index in [0.29, 0.717) is 0 Å². The van der Waals surface area contributed by atoms with Crippen molar-refractivity contribution in [3.05, 3.63) is 81.5 Å². The number of nitrogens with zero attached hydrogens (tertiary/aromatic N) is 2. The van der Waals surface area contributed by atoms with Crippen molar-refractivity contribution >= 4 is 29.4 Å². The van der Waals surface area contributed by atoms with Crippen molar-refractivity contribution in [1.82, 2.24) is 10.2 Å². The summed E-state index contributed by atoms with van der Waals surface area (Å²) in [5, 5.41) is 13.5. The van der Waals surface area contributed by atoms with Crippen LogP contribution in [0.4, 0.5) is 5.69 Å². The summed E-state index contributed by atoms with van der Waals surface area (Å²) in [7, 11) is 0. The molecular weight excluding hydrogens is 374 g/mol. The zero-order valence-electron chi connectivity index (χ0n) is 15.0. The minimum Gasteiger partial charge on any atom is -0.358 e. The second-order valence-corrected chi connectivity index (χ2v) is 7.36. The topological polar surface area (TPSA) is 110 Å². The molecule has 3 aliphatic heterocycles. The largest absolute Gasteiger partial charge is 0.358 e. The summed E-state index contributed by atoms with van der Waals surface area (Å²) in [5.74, 6) is -2.84. The van der Waals surface area contributed by atoms with Crippen LogP contribution in [0.15, 0.2) is 54.7 Å². The predicted molar refractivity (Wildman–Crippen MR) is 101 cm³/mol. The highest BCUT2D eigenvalue weighted by atomic mass is 16.6. The van der Waals surface area contributed by atoms with Gasteiger partial charge in [0.25, 0.3) is 5.69 Å². The summed E-state index contributed by atoms with van der Waals surface area (Å²) in [6.45, 7) is 0. The minimum absolute atomic E-state index is 0.142. The monoisotopic (exact) mass is 389 g/mol. The summed E-state index contributed by atoms with van der Waals surface area (Å²) < 4.78 is 0. The van der Waals surface area contributed by atoms with E-state index in [0.717, 1.165) is 11.1 Å². The van der Waals surface area contributed by atoms with Crippen LogP contribution in [0.5, 0.6) is 0 Å². The molecule has 8 heteroatoms. The number of rotatable bonds is 3. The fraction of sp³-hybridized carbons (Fsp3) is 0.190. The molecule has 4 atom stereocenters. The Morgan fingerprint density at radius 1 is 1.03 bits per heavy atom. The quantitative estimate of drug-likeness (QED) is 0.373. The first-order chi connectivity index (χ1) is 14.0. The number of hydrogen-bond acceptors (Lipinski definition) is 6. The first-order valence-corrected chi connectivity index (χ1v) is 9.15. The number of nitro groups is 1. The Morgan fingerprint density at radius 2 is 1.79 bits per heavy atom. The molecule has 8 nitrogen and oxygen atoms in total. The fourth-order valence-corrected chi connectivity index (χ4v) is 4.72. The average molecular weight is 389 g/mol. The third-order valence-corrected chi connectivity index (χ3v) is 5.91. The number of benzene rings is 2. The molecule has 3 heterocycles. The molecule has 2 aromatic carbocycles. The molecule has 2 aromatic rings. The minimum atomic E-state index is -0.914. The van der Waals surface area contributed by atoms with Crippen LogP contribution in [-0.2, 0) is 9.59 Å². The van der Waals surface area contributed by atoms with Gasteiger partial charge in [0.05, 0.1) is 22.8 Å². The lowest BCUT2D eigenvalue weighted by atomic mass is 9.83. The Balaban J connectivity index is 1.63. The number of hydrogen-bond donors (Lipinski definition) is 1. The van der Waals surface area contributed by atoms with E-state index in [9.17, 15) is 24.5 Å². The smallest absolute Gasteiger partial charge is 0.270 e. The third-order valence-electron chi connectivity index (χ3n) is 5.91. The number of carbonyl (C=O) groups is 3. The molecule has 1 N–H and O–H groups in total. The molecule has 5 rings (SSSR count). The van der Waals surface area contributed by atoms with Crippen LogP contribution in [0.1, 0.15) is 27.5 Å². The van der Waals surface area contributed by atoms with Crippen molar-refractivity contribution in [3.8, 4) is 0 Å². The fourth-order valence-electron chi connectivity index (χ4n) is 4.72. The van der Waals surface area contributed by atoms with Gasteiger partial charge in [0, 0.05) is 23.9 Å². The number of imide groups is 1. The Morgan fingerprint density at radius 3 is 2.59 bits per heavy atom. The van der Waals surface area contributed by atoms with Crippen LogP contribution >= 0.6 is 0 Å². The molecule has 29 heavy (non-hydrogen) atoms. The lowest BCUT2D eigenvalue weighted by Crippen LogP contribution is -2.42. The molecule has 3 aliphatic rings. The van der Waals surface area contributed by atoms with Crippen LogP contribution in [0.3, 0.4) is 0 Å². The lowest BCUT2D eigenvalue weighted by molar-refractivity contribution is -0.384. The van der Waals surface area contributed by atoms with Crippen LogP contribution in [0, 0.1) is 22.0 Å². The van der Waals surface area contributed by atoms with Crippen molar-refractivity contribution in [2.45, 2.75) is 12.1 Å². The van der Waals surface area contributed by atoms with Crippen LogP contribution in [0.25, 0.3) is 6.08 Å².